The highest BCUT2D eigenvalue weighted by atomic mass is 32.3. The van der Waals surface area contributed by atoms with Crippen LogP contribution in [-0.4, -0.2) is 81.5 Å². The fourth-order valence-electron chi connectivity index (χ4n) is 5.62. The van der Waals surface area contributed by atoms with E-state index in [0.29, 0.717) is 12.2 Å². The first-order valence-corrected chi connectivity index (χ1v) is 15.1. The van der Waals surface area contributed by atoms with Crippen molar-refractivity contribution >= 4 is 33.7 Å². The third-order valence-electron chi connectivity index (χ3n) is 7.52. The van der Waals surface area contributed by atoms with Crippen LogP contribution in [0.15, 0.2) is 0 Å². The van der Waals surface area contributed by atoms with Gasteiger partial charge in [0.1, 0.15) is 18.1 Å². The lowest BCUT2D eigenvalue weighted by Crippen LogP contribution is -2.60. The highest BCUT2D eigenvalue weighted by molar-refractivity contribution is 8.34. The molecule has 0 aliphatic carbocycles. The average Bonchev–Trinajstić information content (AvgIpc) is 3.47. The van der Waals surface area contributed by atoms with Gasteiger partial charge in [0.25, 0.3) is 0 Å². The molecule has 0 aromatic rings. The van der Waals surface area contributed by atoms with Gasteiger partial charge in [-0.2, -0.15) is 18.4 Å². The minimum absolute atomic E-state index is 0.114. The van der Waals surface area contributed by atoms with Crippen molar-refractivity contribution in [3.8, 4) is 6.07 Å². The molecule has 0 aromatic heterocycles. The molecular formula is C25H38F3N5O4S. The van der Waals surface area contributed by atoms with Crippen molar-refractivity contribution < 1.29 is 32.3 Å². The van der Waals surface area contributed by atoms with E-state index < -0.39 is 68.9 Å². The van der Waals surface area contributed by atoms with Gasteiger partial charge in [0.2, 0.25) is 17.7 Å². The van der Waals surface area contributed by atoms with E-state index in [-0.39, 0.29) is 18.2 Å². The molecule has 13 heteroatoms. The third-order valence-corrected chi connectivity index (χ3v) is 11.7. The minimum Gasteiger partial charge on any atom is -0.351 e. The quantitative estimate of drug-likeness (QED) is 0.458. The molecule has 3 fully saturated rings. The van der Waals surface area contributed by atoms with Crippen LogP contribution < -0.4 is 16.0 Å². The molecule has 3 aliphatic rings. The molecule has 38 heavy (non-hydrogen) atoms. The number of nitriles is 1. The first-order valence-electron chi connectivity index (χ1n) is 12.8. The summed E-state index contributed by atoms with van der Waals surface area (Å²) in [5, 5.41) is 17.1. The lowest BCUT2D eigenvalue weighted by molar-refractivity contribution is -0.176. The summed E-state index contributed by atoms with van der Waals surface area (Å²) in [6.45, 7) is 8.40. The zero-order chi connectivity index (χ0) is 28.7. The molecule has 0 aromatic carbocycles. The van der Waals surface area contributed by atoms with Gasteiger partial charge in [0, 0.05) is 17.2 Å². The van der Waals surface area contributed by atoms with E-state index in [9.17, 15) is 37.6 Å². The second-order valence-corrected chi connectivity index (χ2v) is 16.3. The van der Waals surface area contributed by atoms with Crippen molar-refractivity contribution in [1.29, 1.82) is 5.26 Å². The zero-order valence-electron chi connectivity index (χ0n) is 22.5. The number of hydrogen-bond donors (Lipinski definition) is 3. The maximum atomic E-state index is 13.7. The maximum Gasteiger partial charge on any atom is 0.471 e. The van der Waals surface area contributed by atoms with E-state index in [0.717, 1.165) is 24.3 Å². The van der Waals surface area contributed by atoms with Crippen molar-refractivity contribution in [2.24, 2.45) is 11.3 Å². The molecule has 3 aliphatic heterocycles. The fraction of sp³-hybridized carbons (Fsp3) is 0.800. The first-order chi connectivity index (χ1) is 17.4. The fourth-order valence-corrected chi connectivity index (χ4v) is 10.1. The number of amides is 4. The van der Waals surface area contributed by atoms with Crippen LogP contribution in [0.2, 0.25) is 0 Å². The molecule has 3 N–H and O–H groups in total. The van der Waals surface area contributed by atoms with E-state index in [4.69, 9.17) is 0 Å². The number of nitrogens with one attached hydrogen (secondary N) is 3. The summed E-state index contributed by atoms with van der Waals surface area (Å²) in [6.07, 6.45) is -2.64. The van der Waals surface area contributed by atoms with Crippen LogP contribution >= 0.6 is 10.0 Å². The summed E-state index contributed by atoms with van der Waals surface area (Å²) < 4.78 is 39.2. The number of carbonyl (C=O) groups is 4. The molecule has 3 saturated heterocycles. The predicted octanol–water partition coefficient (Wildman–Crippen LogP) is 2.16. The largest absolute Gasteiger partial charge is 0.471 e. The monoisotopic (exact) mass is 561 g/mol. The van der Waals surface area contributed by atoms with Gasteiger partial charge in [-0.25, -0.2) is 10.0 Å². The third kappa shape index (κ3) is 6.74. The summed E-state index contributed by atoms with van der Waals surface area (Å²) in [6, 6.07) is -1.40. The molecule has 3 rings (SSSR count). The van der Waals surface area contributed by atoms with Gasteiger partial charge >= 0.3 is 12.1 Å². The van der Waals surface area contributed by atoms with Crippen molar-refractivity contribution in [3.63, 3.8) is 0 Å². The van der Waals surface area contributed by atoms with E-state index in [1.54, 1.807) is 20.8 Å². The second kappa shape index (κ2) is 10.6. The lowest BCUT2D eigenvalue weighted by atomic mass is 9.85. The van der Waals surface area contributed by atoms with Crippen molar-refractivity contribution in [2.45, 2.75) is 90.1 Å². The standard InChI is InChI=1S/C25H38F3N5O4S/c1-23(2,3)18(31-22(37)25(26,27)28)21(36)33-14-38(8-6-7-9-38)13-17(33)20(35)30-16(12-29)10-15-11-24(4,5)32-19(15)34/h15-18H,6-11,13-14H2,1-5H3,(H,30,35)(H,31,37)(H,32,34)/t15-,16+,17+,18-/m1/s1. The predicted molar refractivity (Wildman–Crippen MR) is 137 cm³/mol. The normalized spacial score (nSPS) is 26.8. The molecule has 9 nitrogen and oxygen atoms in total. The summed E-state index contributed by atoms with van der Waals surface area (Å²) in [5.41, 5.74) is -1.47. The number of alkyl halides is 3. The Kier molecular flexibility index (Phi) is 8.37. The van der Waals surface area contributed by atoms with Gasteiger partial charge in [0.15, 0.2) is 0 Å². The van der Waals surface area contributed by atoms with Crippen molar-refractivity contribution in [2.75, 3.05) is 23.1 Å². The van der Waals surface area contributed by atoms with E-state index in [2.05, 4.69) is 10.6 Å². The lowest BCUT2D eigenvalue weighted by Gasteiger charge is -2.36. The Morgan fingerprint density at radius 2 is 1.79 bits per heavy atom. The first kappa shape index (κ1) is 30.1. The Labute approximate surface area is 222 Å². The Bertz CT molecular complexity index is 1010. The highest BCUT2D eigenvalue weighted by Gasteiger charge is 2.51. The summed E-state index contributed by atoms with van der Waals surface area (Å²) in [7, 11) is -1.38. The second-order valence-electron chi connectivity index (χ2n) is 12.4. The van der Waals surface area contributed by atoms with E-state index >= 15 is 0 Å². The molecule has 4 amide bonds. The van der Waals surface area contributed by atoms with Gasteiger partial charge in [-0.05, 0) is 56.5 Å². The van der Waals surface area contributed by atoms with Gasteiger partial charge in [-0.3, -0.25) is 19.2 Å². The minimum atomic E-state index is -5.16. The molecule has 0 unspecified atom stereocenters. The van der Waals surface area contributed by atoms with E-state index in [1.807, 2.05) is 25.2 Å². The van der Waals surface area contributed by atoms with Crippen LogP contribution in [0.3, 0.4) is 0 Å². The smallest absolute Gasteiger partial charge is 0.351 e. The number of carbonyl (C=O) groups excluding carboxylic acids is 4. The van der Waals surface area contributed by atoms with Crippen LogP contribution in [0.5, 0.6) is 0 Å². The topological polar surface area (TPSA) is 131 Å². The molecule has 4 atom stereocenters. The van der Waals surface area contributed by atoms with Crippen molar-refractivity contribution in [1.82, 2.24) is 20.9 Å². The molecule has 0 bridgehead atoms. The van der Waals surface area contributed by atoms with Crippen molar-refractivity contribution in [3.05, 3.63) is 0 Å². The molecule has 0 radical (unpaired) electrons. The summed E-state index contributed by atoms with van der Waals surface area (Å²) >= 11 is 0. The SMILES string of the molecule is CC1(C)C[C@@H](C[C@@H](C#N)NC(=O)[C@@H]2CS3(CCCC3)CN2C(=O)[C@@H](NC(=O)C(F)(F)F)C(C)(C)C)C(=O)N1. The van der Waals surface area contributed by atoms with Crippen LogP contribution in [0, 0.1) is 22.7 Å². The van der Waals surface area contributed by atoms with Gasteiger partial charge in [-0.1, -0.05) is 20.8 Å². The van der Waals surface area contributed by atoms with Crippen LogP contribution in [-0.2, 0) is 19.2 Å². The Balaban J connectivity index is 1.82. The number of halogens is 3. The highest BCUT2D eigenvalue weighted by Crippen LogP contribution is 2.59. The Morgan fingerprint density at radius 1 is 1.18 bits per heavy atom. The number of rotatable bonds is 6. The summed E-state index contributed by atoms with van der Waals surface area (Å²) in [4.78, 5) is 52.6. The van der Waals surface area contributed by atoms with Gasteiger partial charge in [0.05, 0.1) is 11.9 Å². The molecule has 214 valence electrons. The Hall–Kier alpha value is -2.49. The number of nitrogens with zero attached hydrogens (tertiary/aromatic N) is 2. The van der Waals surface area contributed by atoms with Gasteiger partial charge in [-0.15, -0.1) is 0 Å². The van der Waals surface area contributed by atoms with Gasteiger partial charge < -0.3 is 20.9 Å². The molecular weight excluding hydrogens is 523 g/mol. The molecule has 1 spiro atoms. The maximum absolute atomic E-state index is 13.7. The van der Waals surface area contributed by atoms with Crippen LogP contribution in [0.25, 0.3) is 0 Å². The molecule has 3 heterocycles. The van der Waals surface area contributed by atoms with Crippen LogP contribution in [0.4, 0.5) is 13.2 Å². The summed E-state index contributed by atoms with van der Waals surface area (Å²) in [5.74, 6) is -1.76. The number of hydrogen-bond acceptors (Lipinski definition) is 5. The van der Waals surface area contributed by atoms with E-state index in [1.165, 1.54) is 4.90 Å². The Morgan fingerprint density at radius 3 is 2.26 bits per heavy atom. The molecule has 0 saturated carbocycles. The van der Waals surface area contributed by atoms with Crippen LogP contribution in [0.1, 0.15) is 60.3 Å². The average molecular weight is 562 g/mol. The zero-order valence-corrected chi connectivity index (χ0v) is 23.4.